The third-order valence-corrected chi connectivity index (χ3v) is 3.70. The highest BCUT2D eigenvalue weighted by atomic mass is 79.9. The number of carbonyl (C=O) groups is 2. The fourth-order valence-corrected chi connectivity index (χ4v) is 2.62. The van der Waals surface area contributed by atoms with Crippen LogP contribution in [-0.4, -0.2) is 37.6 Å². The first-order chi connectivity index (χ1) is 10.1. The molecule has 0 spiro atoms. The Hall–Kier alpha value is -1.44. The van der Waals surface area contributed by atoms with Gasteiger partial charge in [-0.3, -0.25) is 9.59 Å². The van der Waals surface area contributed by atoms with Gasteiger partial charge < -0.3 is 21.1 Å². The average molecular weight is 356 g/mol. The molecule has 2 atom stereocenters. The molecule has 1 fully saturated rings. The number of ether oxygens (including phenoxy) is 1. The van der Waals surface area contributed by atoms with E-state index >= 15 is 0 Å². The molecule has 0 bridgehead atoms. The summed E-state index contributed by atoms with van der Waals surface area (Å²) in [6.07, 6.45) is 0.248. The maximum atomic E-state index is 12.1. The molecule has 4 N–H and O–H groups in total. The lowest BCUT2D eigenvalue weighted by Gasteiger charge is -2.24. The molecule has 114 valence electrons. The second-order valence-corrected chi connectivity index (χ2v) is 5.80. The molecule has 1 saturated heterocycles. The van der Waals surface area contributed by atoms with Gasteiger partial charge in [-0.1, -0.05) is 28.1 Å². The molecule has 6 nitrogen and oxygen atoms in total. The van der Waals surface area contributed by atoms with Crippen molar-refractivity contribution < 1.29 is 14.3 Å². The number of halogens is 1. The van der Waals surface area contributed by atoms with Crippen LogP contribution in [-0.2, 0) is 14.3 Å². The number of carbonyl (C=O) groups excluding carboxylic acids is 2. The Morgan fingerprint density at radius 2 is 2.33 bits per heavy atom. The zero-order valence-electron chi connectivity index (χ0n) is 11.5. The predicted molar refractivity (Wildman–Crippen MR) is 81.4 cm³/mol. The van der Waals surface area contributed by atoms with Gasteiger partial charge in [0, 0.05) is 23.5 Å². The summed E-state index contributed by atoms with van der Waals surface area (Å²) in [5.74, 6) is -0.823. The zero-order chi connectivity index (χ0) is 15.2. The van der Waals surface area contributed by atoms with Gasteiger partial charge >= 0.3 is 0 Å². The first-order valence-electron chi connectivity index (χ1n) is 6.71. The molecule has 1 aromatic rings. The Morgan fingerprint density at radius 1 is 1.52 bits per heavy atom. The van der Waals surface area contributed by atoms with Crippen molar-refractivity contribution in [3.63, 3.8) is 0 Å². The first kappa shape index (κ1) is 15.9. The third kappa shape index (κ3) is 4.80. The summed E-state index contributed by atoms with van der Waals surface area (Å²) in [5, 5.41) is 5.87. The summed E-state index contributed by atoms with van der Waals surface area (Å²) in [6.45, 7) is 1.87. The van der Waals surface area contributed by atoms with E-state index < -0.39 is 11.9 Å². The van der Waals surface area contributed by atoms with Gasteiger partial charge in [0.15, 0.2) is 0 Å². The highest BCUT2D eigenvalue weighted by molar-refractivity contribution is 9.10. The van der Waals surface area contributed by atoms with Crippen molar-refractivity contribution in [3.05, 3.63) is 34.3 Å². The third-order valence-electron chi connectivity index (χ3n) is 3.20. The fourth-order valence-electron chi connectivity index (χ4n) is 2.20. The second kappa shape index (κ2) is 7.53. The summed E-state index contributed by atoms with van der Waals surface area (Å²) < 4.78 is 6.12. The Balaban J connectivity index is 1.99. The van der Waals surface area contributed by atoms with E-state index in [-0.39, 0.29) is 18.4 Å². The Kier molecular flexibility index (Phi) is 5.72. The molecule has 1 aliphatic rings. The molecule has 7 heteroatoms. The molecular weight excluding hydrogens is 338 g/mol. The van der Waals surface area contributed by atoms with E-state index in [1.807, 2.05) is 6.07 Å². The predicted octanol–water partition coefficient (Wildman–Crippen LogP) is 0.470. The van der Waals surface area contributed by atoms with E-state index in [4.69, 9.17) is 10.5 Å². The normalized spacial score (nSPS) is 19.8. The Bertz CT molecular complexity index is 518. The minimum absolute atomic E-state index is 0.0326. The van der Waals surface area contributed by atoms with Crippen LogP contribution in [0.25, 0.3) is 0 Å². The van der Waals surface area contributed by atoms with Crippen molar-refractivity contribution in [2.24, 2.45) is 5.73 Å². The molecule has 0 radical (unpaired) electrons. The molecular formula is C14H18BrN3O3. The number of morpholine rings is 1. The van der Waals surface area contributed by atoms with Crippen molar-refractivity contribution >= 4 is 27.7 Å². The van der Waals surface area contributed by atoms with Gasteiger partial charge in [0.1, 0.15) is 6.04 Å². The van der Waals surface area contributed by atoms with E-state index in [1.165, 1.54) is 0 Å². The van der Waals surface area contributed by atoms with Crippen molar-refractivity contribution in [1.82, 2.24) is 10.6 Å². The summed E-state index contributed by atoms with van der Waals surface area (Å²) in [7, 11) is 0. The minimum Gasteiger partial charge on any atom is -0.378 e. The van der Waals surface area contributed by atoms with Crippen molar-refractivity contribution in [1.29, 1.82) is 0 Å². The monoisotopic (exact) mass is 355 g/mol. The number of nitrogens with one attached hydrogen (secondary N) is 2. The standard InChI is InChI=1S/C14H18BrN3O3/c15-10-3-1-2-9(6-10)13(14(16)20)18-12(19)7-11-8-21-5-4-17-11/h1-3,6,11,13,17H,4-5,7-8H2,(H2,16,20)(H,18,19). The lowest BCUT2D eigenvalue weighted by molar-refractivity contribution is -0.128. The maximum Gasteiger partial charge on any atom is 0.244 e. The topological polar surface area (TPSA) is 93.5 Å². The number of benzene rings is 1. The van der Waals surface area contributed by atoms with Crippen LogP contribution in [0.4, 0.5) is 0 Å². The molecule has 0 aliphatic carbocycles. The van der Waals surface area contributed by atoms with Gasteiger partial charge in [-0.2, -0.15) is 0 Å². The van der Waals surface area contributed by atoms with Crippen molar-refractivity contribution in [2.45, 2.75) is 18.5 Å². The second-order valence-electron chi connectivity index (χ2n) is 4.89. The highest BCUT2D eigenvalue weighted by Crippen LogP contribution is 2.18. The van der Waals surface area contributed by atoms with Gasteiger partial charge in [-0.15, -0.1) is 0 Å². The summed E-state index contributed by atoms with van der Waals surface area (Å²) in [4.78, 5) is 23.6. The zero-order valence-corrected chi connectivity index (χ0v) is 13.1. The summed E-state index contributed by atoms with van der Waals surface area (Å²) in [5.41, 5.74) is 6.04. The smallest absolute Gasteiger partial charge is 0.244 e. The van der Waals surface area contributed by atoms with Crippen LogP contribution in [0.3, 0.4) is 0 Å². The van der Waals surface area contributed by atoms with Crippen LogP contribution in [0, 0.1) is 0 Å². The number of nitrogens with two attached hydrogens (primary N) is 1. The van der Waals surface area contributed by atoms with Crippen molar-refractivity contribution in [2.75, 3.05) is 19.8 Å². The minimum atomic E-state index is -0.834. The van der Waals surface area contributed by atoms with E-state index in [9.17, 15) is 9.59 Å². The molecule has 1 aromatic carbocycles. The molecule has 2 rings (SSSR count). The SMILES string of the molecule is NC(=O)C(NC(=O)CC1COCCN1)c1cccc(Br)c1. The van der Waals surface area contributed by atoms with Gasteiger partial charge in [-0.25, -0.2) is 0 Å². The lowest BCUT2D eigenvalue weighted by Crippen LogP contribution is -2.46. The van der Waals surface area contributed by atoms with Crippen LogP contribution in [0.15, 0.2) is 28.7 Å². The largest absolute Gasteiger partial charge is 0.378 e. The van der Waals surface area contributed by atoms with E-state index in [1.54, 1.807) is 18.2 Å². The molecule has 21 heavy (non-hydrogen) atoms. The maximum absolute atomic E-state index is 12.1. The first-order valence-corrected chi connectivity index (χ1v) is 7.51. The Morgan fingerprint density at radius 3 is 2.95 bits per heavy atom. The highest BCUT2D eigenvalue weighted by Gasteiger charge is 2.23. The van der Waals surface area contributed by atoms with Crippen LogP contribution in [0.2, 0.25) is 0 Å². The lowest BCUT2D eigenvalue weighted by atomic mass is 10.1. The fraction of sp³-hybridized carbons (Fsp3) is 0.429. The average Bonchev–Trinajstić information content (AvgIpc) is 2.45. The molecule has 2 unspecified atom stereocenters. The summed E-state index contributed by atoms with van der Waals surface area (Å²) >= 11 is 3.33. The van der Waals surface area contributed by atoms with Gasteiger partial charge in [0.25, 0.3) is 0 Å². The quantitative estimate of drug-likeness (QED) is 0.715. The number of amides is 2. The van der Waals surface area contributed by atoms with Gasteiger partial charge in [-0.05, 0) is 17.7 Å². The van der Waals surface area contributed by atoms with E-state index in [2.05, 4.69) is 26.6 Å². The molecule has 1 aliphatic heterocycles. The number of hydrogen-bond donors (Lipinski definition) is 3. The van der Waals surface area contributed by atoms with Crippen LogP contribution >= 0.6 is 15.9 Å². The van der Waals surface area contributed by atoms with Gasteiger partial charge in [0.2, 0.25) is 11.8 Å². The number of hydrogen-bond acceptors (Lipinski definition) is 4. The van der Waals surface area contributed by atoms with E-state index in [0.717, 1.165) is 11.0 Å². The summed E-state index contributed by atoms with van der Waals surface area (Å²) in [6, 6.07) is 6.28. The molecule has 0 saturated carbocycles. The number of rotatable bonds is 5. The van der Waals surface area contributed by atoms with Crippen LogP contribution in [0.1, 0.15) is 18.0 Å². The van der Waals surface area contributed by atoms with E-state index in [0.29, 0.717) is 18.8 Å². The number of primary amides is 1. The van der Waals surface area contributed by atoms with Crippen LogP contribution in [0.5, 0.6) is 0 Å². The molecule has 0 aromatic heterocycles. The molecule has 2 amide bonds. The van der Waals surface area contributed by atoms with Crippen LogP contribution < -0.4 is 16.4 Å². The van der Waals surface area contributed by atoms with Crippen molar-refractivity contribution in [3.8, 4) is 0 Å². The molecule has 1 heterocycles. The Labute approximate surface area is 131 Å². The van der Waals surface area contributed by atoms with Gasteiger partial charge in [0.05, 0.1) is 13.2 Å².